The zero-order valence-corrected chi connectivity index (χ0v) is 15.6. The van der Waals surface area contributed by atoms with Crippen molar-refractivity contribution in [3.05, 3.63) is 46.4 Å². The quantitative estimate of drug-likeness (QED) is 0.755. The molecular weight excluding hydrogens is 354 g/mol. The Morgan fingerprint density at radius 2 is 1.85 bits per heavy atom. The lowest BCUT2D eigenvalue weighted by Gasteiger charge is -2.25. The molecule has 2 bridgehead atoms. The van der Waals surface area contributed by atoms with Crippen molar-refractivity contribution in [2.24, 2.45) is 11.8 Å². The summed E-state index contributed by atoms with van der Waals surface area (Å²) in [6.45, 7) is 2.86. The van der Waals surface area contributed by atoms with Crippen LogP contribution >= 0.6 is 0 Å². The van der Waals surface area contributed by atoms with Gasteiger partial charge in [-0.2, -0.15) is 4.31 Å². The third-order valence-electron chi connectivity index (χ3n) is 5.82. The molecule has 1 saturated carbocycles. The number of hydrogen-bond donors (Lipinski definition) is 0. The molecular formula is C19H21NO5S. The van der Waals surface area contributed by atoms with Crippen molar-refractivity contribution in [3.63, 3.8) is 0 Å². The second-order valence-corrected chi connectivity index (χ2v) is 9.53. The number of fused-ring (bicyclic) bond motifs is 4. The summed E-state index contributed by atoms with van der Waals surface area (Å²) in [4.78, 5) is 25.5. The average molecular weight is 375 g/mol. The van der Waals surface area contributed by atoms with E-state index in [1.165, 1.54) is 0 Å². The molecule has 7 heteroatoms. The molecule has 1 fully saturated rings. The molecule has 0 N–H and O–H groups in total. The van der Waals surface area contributed by atoms with E-state index < -0.39 is 34.0 Å². The van der Waals surface area contributed by atoms with Gasteiger partial charge in [0.05, 0.1) is 10.3 Å². The van der Waals surface area contributed by atoms with Gasteiger partial charge in [-0.1, -0.05) is 30.3 Å². The van der Waals surface area contributed by atoms with Crippen molar-refractivity contribution in [1.82, 2.24) is 4.31 Å². The van der Waals surface area contributed by atoms with Gasteiger partial charge in [-0.25, -0.2) is 8.42 Å². The number of hydrogen-bond acceptors (Lipinski definition) is 5. The number of carbonyl (C=O) groups is 2. The summed E-state index contributed by atoms with van der Waals surface area (Å²) in [5, 5.41) is 0. The maximum absolute atomic E-state index is 12.8. The average Bonchev–Trinajstić information content (AvgIpc) is 3.27. The van der Waals surface area contributed by atoms with E-state index in [9.17, 15) is 18.0 Å². The molecule has 1 heterocycles. The molecule has 6 nitrogen and oxygen atoms in total. The summed E-state index contributed by atoms with van der Waals surface area (Å²) in [5.41, 5.74) is 0.252. The van der Waals surface area contributed by atoms with Gasteiger partial charge in [-0.15, -0.1) is 0 Å². The third-order valence-corrected chi connectivity index (χ3v) is 7.78. The van der Waals surface area contributed by atoms with E-state index in [0.29, 0.717) is 5.57 Å². The Labute approximate surface area is 152 Å². The summed E-state index contributed by atoms with van der Waals surface area (Å²) in [7, 11) is -3.86. The summed E-state index contributed by atoms with van der Waals surface area (Å²) in [6.07, 6.45) is 2.43. The SMILES string of the molecule is CC(C)(C(=O)OCN1C(=O)C2=C(C3CCC2C3)S1(=O)=O)c1ccccc1. The fourth-order valence-electron chi connectivity index (χ4n) is 4.29. The van der Waals surface area contributed by atoms with Gasteiger partial charge in [0.25, 0.3) is 15.9 Å². The van der Waals surface area contributed by atoms with E-state index in [-0.39, 0.29) is 16.7 Å². The molecule has 4 rings (SSSR count). The van der Waals surface area contributed by atoms with Crippen LogP contribution in [-0.4, -0.2) is 31.3 Å². The molecule has 2 atom stereocenters. The number of allylic oxidation sites excluding steroid dienone is 1. The molecule has 1 aromatic rings. The lowest BCUT2D eigenvalue weighted by Crippen LogP contribution is -2.39. The molecule has 2 unspecified atom stereocenters. The van der Waals surface area contributed by atoms with Gasteiger partial charge in [0.2, 0.25) is 0 Å². The zero-order chi connectivity index (χ0) is 18.7. The van der Waals surface area contributed by atoms with Crippen LogP contribution in [-0.2, 0) is 29.8 Å². The minimum atomic E-state index is -3.86. The minimum Gasteiger partial charge on any atom is -0.442 e. The van der Waals surface area contributed by atoms with E-state index >= 15 is 0 Å². The molecule has 0 spiro atoms. The van der Waals surface area contributed by atoms with Crippen LogP contribution in [0.5, 0.6) is 0 Å². The van der Waals surface area contributed by atoms with E-state index in [1.54, 1.807) is 13.8 Å². The summed E-state index contributed by atoms with van der Waals surface area (Å²) in [5.74, 6) is -1.09. The molecule has 26 heavy (non-hydrogen) atoms. The predicted octanol–water partition coefficient (Wildman–Crippen LogP) is 2.32. The summed E-state index contributed by atoms with van der Waals surface area (Å²) in [6, 6.07) is 9.12. The maximum atomic E-state index is 12.8. The lowest BCUT2D eigenvalue weighted by atomic mass is 9.85. The highest BCUT2D eigenvalue weighted by Gasteiger charge is 2.56. The highest BCUT2D eigenvalue weighted by molar-refractivity contribution is 7.94. The normalized spacial score (nSPS) is 26.4. The van der Waals surface area contributed by atoms with Gasteiger partial charge in [-0.3, -0.25) is 9.59 Å². The Kier molecular flexibility index (Phi) is 3.77. The first-order valence-corrected chi connectivity index (χ1v) is 10.2. The predicted molar refractivity (Wildman–Crippen MR) is 94.0 cm³/mol. The maximum Gasteiger partial charge on any atom is 0.317 e. The van der Waals surface area contributed by atoms with E-state index in [0.717, 1.165) is 29.1 Å². The number of nitrogens with zero attached hydrogens (tertiary/aromatic N) is 1. The molecule has 1 aromatic carbocycles. The first-order valence-electron chi connectivity index (χ1n) is 8.78. The number of benzene rings is 1. The highest BCUT2D eigenvalue weighted by atomic mass is 32.2. The van der Waals surface area contributed by atoms with Gasteiger partial charge < -0.3 is 4.74 Å². The second kappa shape index (κ2) is 5.67. The summed E-state index contributed by atoms with van der Waals surface area (Å²) >= 11 is 0. The van der Waals surface area contributed by atoms with Crippen LogP contribution in [0, 0.1) is 11.8 Å². The molecule has 3 aliphatic rings. The smallest absolute Gasteiger partial charge is 0.317 e. The van der Waals surface area contributed by atoms with E-state index in [2.05, 4.69) is 0 Å². The van der Waals surface area contributed by atoms with Crippen LogP contribution in [0.15, 0.2) is 40.8 Å². The van der Waals surface area contributed by atoms with Crippen LogP contribution in [0.2, 0.25) is 0 Å². The highest BCUT2D eigenvalue weighted by Crippen LogP contribution is 2.54. The molecule has 138 valence electrons. The monoisotopic (exact) mass is 375 g/mol. The Hall–Kier alpha value is -2.15. The zero-order valence-electron chi connectivity index (χ0n) is 14.8. The number of amides is 1. The van der Waals surface area contributed by atoms with Crippen LogP contribution in [0.4, 0.5) is 0 Å². The Bertz CT molecular complexity index is 917. The van der Waals surface area contributed by atoms with Crippen molar-refractivity contribution >= 4 is 21.9 Å². The number of carbonyl (C=O) groups excluding carboxylic acids is 2. The minimum absolute atomic E-state index is 0.0405. The fourth-order valence-corrected chi connectivity index (χ4v) is 6.21. The van der Waals surface area contributed by atoms with Crippen molar-refractivity contribution < 1.29 is 22.7 Å². The van der Waals surface area contributed by atoms with Gasteiger partial charge >= 0.3 is 5.97 Å². The van der Waals surface area contributed by atoms with Crippen LogP contribution in [0.1, 0.15) is 38.7 Å². The van der Waals surface area contributed by atoms with Crippen molar-refractivity contribution in [3.8, 4) is 0 Å². The van der Waals surface area contributed by atoms with Gasteiger partial charge in [0.1, 0.15) is 0 Å². The molecule has 1 aliphatic heterocycles. The van der Waals surface area contributed by atoms with Crippen LogP contribution in [0.25, 0.3) is 0 Å². The molecule has 0 saturated heterocycles. The van der Waals surface area contributed by atoms with Gasteiger partial charge in [-0.05, 0) is 50.5 Å². The van der Waals surface area contributed by atoms with Crippen molar-refractivity contribution in [2.45, 2.75) is 38.5 Å². The number of sulfonamides is 1. The Morgan fingerprint density at radius 3 is 2.50 bits per heavy atom. The number of esters is 1. The van der Waals surface area contributed by atoms with Gasteiger partial charge in [0.15, 0.2) is 6.73 Å². The topological polar surface area (TPSA) is 80.8 Å². The first-order chi connectivity index (χ1) is 12.2. The number of rotatable bonds is 4. The Balaban J connectivity index is 1.51. The lowest BCUT2D eigenvalue weighted by molar-refractivity contribution is -0.153. The van der Waals surface area contributed by atoms with E-state index in [1.807, 2.05) is 30.3 Å². The third kappa shape index (κ3) is 2.33. The van der Waals surface area contributed by atoms with Crippen LogP contribution < -0.4 is 0 Å². The van der Waals surface area contributed by atoms with Gasteiger partial charge in [0, 0.05) is 5.57 Å². The Morgan fingerprint density at radius 1 is 1.19 bits per heavy atom. The standard InChI is InChI=1S/C19H21NO5S/c1-19(2,14-6-4-3-5-7-14)18(22)25-11-20-17(21)15-12-8-9-13(10-12)16(15)26(20,23)24/h3-7,12-13H,8-11H2,1-2H3. The second-order valence-electron chi connectivity index (χ2n) is 7.70. The molecule has 0 radical (unpaired) electrons. The molecule has 2 aliphatic carbocycles. The summed E-state index contributed by atoms with van der Waals surface area (Å²) < 4.78 is 31.5. The van der Waals surface area contributed by atoms with Crippen molar-refractivity contribution in [2.75, 3.05) is 6.73 Å². The molecule has 0 aromatic heterocycles. The fraction of sp³-hybridized carbons (Fsp3) is 0.474. The van der Waals surface area contributed by atoms with E-state index in [4.69, 9.17) is 4.74 Å². The van der Waals surface area contributed by atoms with Crippen molar-refractivity contribution in [1.29, 1.82) is 0 Å². The first kappa shape index (κ1) is 17.3. The largest absolute Gasteiger partial charge is 0.442 e. The molecule has 1 amide bonds. The van der Waals surface area contributed by atoms with Crippen LogP contribution in [0.3, 0.4) is 0 Å². The number of ether oxygens (including phenoxy) is 1.